The van der Waals surface area contributed by atoms with Crippen LogP contribution in [0, 0.1) is 0 Å². The number of piperazine rings is 1. The summed E-state index contributed by atoms with van der Waals surface area (Å²) in [7, 11) is -3.65. The molecule has 1 heterocycles. The summed E-state index contributed by atoms with van der Waals surface area (Å²) in [5.74, 6) is -0.0528. The molecule has 0 aromatic heterocycles. The van der Waals surface area contributed by atoms with Crippen LogP contribution in [0.4, 0.5) is 5.69 Å². The van der Waals surface area contributed by atoms with Crippen molar-refractivity contribution < 1.29 is 13.2 Å². The number of benzene rings is 1. The van der Waals surface area contributed by atoms with Gasteiger partial charge in [-0.3, -0.25) is 4.79 Å². The first-order valence-corrected chi connectivity index (χ1v) is 7.82. The van der Waals surface area contributed by atoms with Gasteiger partial charge in [0.1, 0.15) is 0 Å². The van der Waals surface area contributed by atoms with Gasteiger partial charge in [0.05, 0.1) is 6.54 Å². The van der Waals surface area contributed by atoms with Gasteiger partial charge in [0.25, 0.3) is 10.2 Å². The number of carbonyl (C=O) groups is 1. The van der Waals surface area contributed by atoms with Crippen molar-refractivity contribution in [3.63, 3.8) is 0 Å². The zero-order chi connectivity index (χ0) is 14.6. The van der Waals surface area contributed by atoms with Gasteiger partial charge < -0.3 is 10.2 Å². The number of rotatable bonds is 4. The lowest BCUT2D eigenvalue weighted by Crippen LogP contribution is -2.53. The number of halogens is 1. The molecule has 1 fully saturated rings. The molecule has 1 aromatic carbocycles. The van der Waals surface area contributed by atoms with Crippen molar-refractivity contribution in [2.24, 2.45) is 5.14 Å². The van der Waals surface area contributed by atoms with E-state index in [1.165, 1.54) is 4.31 Å². The Morgan fingerprint density at radius 2 is 1.71 bits per heavy atom. The van der Waals surface area contributed by atoms with Gasteiger partial charge in [-0.2, -0.15) is 12.7 Å². The van der Waals surface area contributed by atoms with E-state index in [0.29, 0.717) is 13.1 Å². The topological polar surface area (TPSA) is 95.7 Å². The Morgan fingerprint density at radius 3 is 2.24 bits per heavy atom. The molecule has 118 valence electrons. The molecule has 0 saturated carbocycles. The minimum Gasteiger partial charge on any atom is -0.376 e. The lowest BCUT2D eigenvalue weighted by Gasteiger charge is -2.33. The molecule has 0 aliphatic carbocycles. The largest absolute Gasteiger partial charge is 0.376 e. The van der Waals surface area contributed by atoms with Gasteiger partial charge in [0.15, 0.2) is 0 Å². The first-order chi connectivity index (χ1) is 9.47. The minimum atomic E-state index is -3.65. The van der Waals surface area contributed by atoms with Crippen LogP contribution in [-0.2, 0) is 15.0 Å². The molecule has 2 rings (SSSR count). The summed E-state index contributed by atoms with van der Waals surface area (Å²) in [4.78, 5) is 13.6. The van der Waals surface area contributed by atoms with Crippen LogP contribution in [0.3, 0.4) is 0 Å². The molecular formula is C12H19ClN4O3S. The fourth-order valence-electron chi connectivity index (χ4n) is 2.04. The minimum absolute atomic E-state index is 0. The van der Waals surface area contributed by atoms with E-state index in [1.807, 2.05) is 30.3 Å². The number of carbonyl (C=O) groups excluding carboxylic acids is 1. The Labute approximate surface area is 130 Å². The monoisotopic (exact) mass is 334 g/mol. The van der Waals surface area contributed by atoms with E-state index in [-0.39, 0.29) is 37.9 Å². The average Bonchev–Trinajstić information content (AvgIpc) is 2.45. The molecular weight excluding hydrogens is 316 g/mol. The average molecular weight is 335 g/mol. The molecule has 0 unspecified atom stereocenters. The molecule has 1 amide bonds. The first-order valence-electron chi connectivity index (χ1n) is 6.31. The molecule has 0 spiro atoms. The summed E-state index contributed by atoms with van der Waals surface area (Å²) >= 11 is 0. The van der Waals surface area contributed by atoms with Gasteiger partial charge in [0, 0.05) is 31.9 Å². The number of amides is 1. The molecule has 0 bridgehead atoms. The molecule has 21 heavy (non-hydrogen) atoms. The number of nitrogens with two attached hydrogens (primary N) is 1. The zero-order valence-electron chi connectivity index (χ0n) is 11.4. The molecule has 1 saturated heterocycles. The number of para-hydroxylation sites is 1. The molecule has 7 nitrogen and oxygen atoms in total. The summed E-state index contributed by atoms with van der Waals surface area (Å²) < 4.78 is 23.5. The number of nitrogens with one attached hydrogen (secondary N) is 1. The standard InChI is InChI=1S/C12H18N4O3S.ClH/c13-20(18,19)16-8-6-15(7-9-16)12(17)10-14-11-4-2-1-3-5-11;/h1-5,14H,6-10H2,(H2,13,18,19);1H. The fourth-order valence-corrected chi connectivity index (χ4v) is 2.71. The van der Waals surface area contributed by atoms with Crippen LogP contribution in [-0.4, -0.2) is 56.3 Å². The summed E-state index contributed by atoms with van der Waals surface area (Å²) in [6.45, 7) is 1.42. The predicted molar refractivity (Wildman–Crippen MR) is 83.4 cm³/mol. The van der Waals surface area contributed by atoms with E-state index in [2.05, 4.69) is 5.32 Å². The van der Waals surface area contributed by atoms with Crippen LogP contribution in [0.15, 0.2) is 30.3 Å². The molecule has 9 heteroatoms. The summed E-state index contributed by atoms with van der Waals surface area (Å²) in [6.07, 6.45) is 0. The third-order valence-corrected chi connectivity index (χ3v) is 4.25. The van der Waals surface area contributed by atoms with Gasteiger partial charge in [-0.1, -0.05) is 18.2 Å². The van der Waals surface area contributed by atoms with Crippen LogP contribution < -0.4 is 10.5 Å². The highest BCUT2D eigenvalue weighted by atomic mass is 35.5. The number of anilines is 1. The summed E-state index contributed by atoms with van der Waals surface area (Å²) in [5, 5.41) is 8.08. The lowest BCUT2D eigenvalue weighted by atomic mass is 10.3. The van der Waals surface area contributed by atoms with E-state index in [1.54, 1.807) is 4.90 Å². The van der Waals surface area contributed by atoms with E-state index in [4.69, 9.17) is 5.14 Å². The van der Waals surface area contributed by atoms with Crippen molar-refractivity contribution in [2.75, 3.05) is 38.0 Å². The smallest absolute Gasteiger partial charge is 0.277 e. The third-order valence-electron chi connectivity index (χ3n) is 3.17. The fraction of sp³-hybridized carbons (Fsp3) is 0.417. The second-order valence-corrected chi connectivity index (χ2v) is 6.09. The Hall–Kier alpha value is -1.35. The second-order valence-electron chi connectivity index (χ2n) is 4.54. The van der Waals surface area contributed by atoms with Crippen molar-refractivity contribution in [3.05, 3.63) is 30.3 Å². The first kappa shape index (κ1) is 17.7. The summed E-state index contributed by atoms with van der Waals surface area (Å²) in [6, 6.07) is 9.44. The Bertz CT molecular complexity index is 559. The van der Waals surface area contributed by atoms with E-state index in [0.717, 1.165) is 5.69 Å². The van der Waals surface area contributed by atoms with Crippen LogP contribution in [0.25, 0.3) is 0 Å². The van der Waals surface area contributed by atoms with Gasteiger partial charge >= 0.3 is 0 Å². The molecule has 1 aliphatic heterocycles. The highest BCUT2D eigenvalue weighted by Gasteiger charge is 2.26. The zero-order valence-corrected chi connectivity index (χ0v) is 13.1. The maximum absolute atomic E-state index is 12.0. The number of nitrogens with zero attached hydrogens (tertiary/aromatic N) is 2. The van der Waals surface area contributed by atoms with Crippen LogP contribution >= 0.6 is 12.4 Å². The Morgan fingerprint density at radius 1 is 1.14 bits per heavy atom. The van der Waals surface area contributed by atoms with Crippen molar-refractivity contribution >= 4 is 34.2 Å². The van der Waals surface area contributed by atoms with E-state index in [9.17, 15) is 13.2 Å². The lowest BCUT2D eigenvalue weighted by molar-refractivity contribution is -0.130. The van der Waals surface area contributed by atoms with E-state index < -0.39 is 10.2 Å². The maximum Gasteiger partial charge on any atom is 0.277 e. The van der Waals surface area contributed by atoms with Crippen molar-refractivity contribution in [1.82, 2.24) is 9.21 Å². The van der Waals surface area contributed by atoms with Gasteiger partial charge in [-0.15, -0.1) is 12.4 Å². The number of hydrogen-bond acceptors (Lipinski definition) is 4. The van der Waals surface area contributed by atoms with E-state index >= 15 is 0 Å². The molecule has 3 N–H and O–H groups in total. The van der Waals surface area contributed by atoms with Crippen molar-refractivity contribution in [2.45, 2.75) is 0 Å². The highest BCUT2D eigenvalue weighted by molar-refractivity contribution is 7.86. The molecule has 1 aromatic rings. The van der Waals surface area contributed by atoms with Gasteiger partial charge in [-0.05, 0) is 12.1 Å². The third kappa shape index (κ3) is 5.16. The SMILES string of the molecule is Cl.NS(=O)(=O)N1CCN(C(=O)CNc2ccccc2)CC1. The number of hydrogen-bond donors (Lipinski definition) is 2. The Balaban J connectivity index is 0.00000220. The summed E-state index contributed by atoms with van der Waals surface area (Å²) in [5.41, 5.74) is 0.879. The normalized spacial score (nSPS) is 16.1. The predicted octanol–water partition coefficient (Wildman–Crippen LogP) is -0.132. The van der Waals surface area contributed by atoms with Gasteiger partial charge in [0.2, 0.25) is 5.91 Å². The van der Waals surface area contributed by atoms with Crippen LogP contribution in [0.2, 0.25) is 0 Å². The quantitative estimate of drug-likeness (QED) is 0.801. The van der Waals surface area contributed by atoms with Crippen molar-refractivity contribution in [3.8, 4) is 0 Å². The molecule has 0 atom stereocenters. The highest BCUT2D eigenvalue weighted by Crippen LogP contribution is 2.07. The van der Waals surface area contributed by atoms with Gasteiger partial charge in [-0.25, -0.2) is 5.14 Å². The maximum atomic E-state index is 12.0. The second kappa shape index (κ2) is 7.60. The Kier molecular flexibility index (Phi) is 6.41. The van der Waals surface area contributed by atoms with Crippen LogP contribution in [0.5, 0.6) is 0 Å². The molecule has 0 radical (unpaired) electrons. The van der Waals surface area contributed by atoms with Crippen LogP contribution in [0.1, 0.15) is 0 Å². The molecule has 1 aliphatic rings. The van der Waals surface area contributed by atoms with Crippen molar-refractivity contribution in [1.29, 1.82) is 0 Å².